The summed E-state index contributed by atoms with van der Waals surface area (Å²) in [5.74, 6) is 1.29. The van der Waals surface area contributed by atoms with Crippen molar-refractivity contribution < 1.29 is 9.21 Å². The fourth-order valence-corrected chi connectivity index (χ4v) is 4.71. The first-order valence-electron chi connectivity index (χ1n) is 10.5. The van der Waals surface area contributed by atoms with Gasteiger partial charge in [0.15, 0.2) is 0 Å². The molecule has 30 heavy (non-hydrogen) atoms. The highest BCUT2D eigenvalue weighted by Gasteiger charge is 2.28. The lowest BCUT2D eigenvalue weighted by atomic mass is 9.90. The van der Waals surface area contributed by atoms with Crippen LogP contribution in [0.5, 0.6) is 0 Å². The average Bonchev–Trinajstić information content (AvgIpc) is 3.23. The van der Waals surface area contributed by atoms with Crippen molar-refractivity contribution in [3.05, 3.63) is 65.7 Å². The number of amides is 1. The maximum absolute atomic E-state index is 12.9. The van der Waals surface area contributed by atoms with Gasteiger partial charge in [0.05, 0.1) is 5.25 Å². The predicted molar refractivity (Wildman–Crippen MR) is 119 cm³/mol. The van der Waals surface area contributed by atoms with Gasteiger partial charge in [-0.2, -0.15) is 0 Å². The first-order chi connectivity index (χ1) is 14.6. The predicted octanol–water partition coefficient (Wildman–Crippen LogP) is 5.01. The Labute approximate surface area is 181 Å². The zero-order valence-corrected chi connectivity index (χ0v) is 18.3. The van der Waals surface area contributed by atoms with Gasteiger partial charge in [0.2, 0.25) is 11.8 Å². The third kappa shape index (κ3) is 4.93. The second kappa shape index (κ2) is 9.47. The first-order valence-corrected chi connectivity index (χ1v) is 11.4. The topological polar surface area (TPSA) is 59.2 Å². The Balaban J connectivity index is 1.30. The lowest BCUT2D eigenvalue weighted by molar-refractivity contribution is -0.131. The van der Waals surface area contributed by atoms with Gasteiger partial charge < -0.3 is 9.32 Å². The molecule has 6 heteroatoms. The Morgan fingerprint density at radius 1 is 1.10 bits per heavy atom. The Bertz CT molecular complexity index is 981. The number of rotatable bonds is 6. The molecular formula is C24H27N3O2S. The van der Waals surface area contributed by atoms with Crippen molar-refractivity contribution >= 4 is 17.7 Å². The van der Waals surface area contributed by atoms with Crippen molar-refractivity contribution in [3.63, 3.8) is 0 Å². The van der Waals surface area contributed by atoms with Crippen LogP contribution >= 0.6 is 11.8 Å². The number of piperidine rings is 1. The number of hydrogen-bond acceptors (Lipinski definition) is 5. The zero-order valence-electron chi connectivity index (χ0n) is 17.5. The highest BCUT2D eigenvalue weighted by atomic mass is 32.2. The molecule has 1 aliphatic heterocycles. The minimum absolute atomic E-state index is 0.147. The van der Waals surface area contributed by atoms with Crippen LogP contribution in [0.1, 0.15) is 30.9 Å². The standard InChI is InChI=1S/C24H27N3O2S/c1-17-8-6-7-11-21(17)22-25-26-24(29-22)30-18(2)23(28)27-14-12-20(13-15-27)16-19-9-4-3-5-10-19/h3-11,18,20H,12-16H2,1-2H3/t18-/m1/s1. The third-order valence-corrected chi connectivity index (χ3v) is 6.62. The van der Waals surface area contributed by atoms with E-state index in [9.17, 15) is 4.79 Å². The van der Waals surface area contributed by atoms with Gasteiger partial charge in [0.25, 0.3) is 5.22 Å². The Kier molecular flexibility index (Phi) is 6.53. The smallest absolute Gasteiger partial charge is 0.277 e. The van der Waals surface area contributed by atoms with E-state index in [-0.39, 0.29) is 11.2 Å². The average molecular weight is 422 g/mol. The van der Waals surface area contributed by atoms with Gasteiger partial charge in [-0.3, -0.25) is 4.79 Å². The van der Waals surface area contributed by atoms with Crippen LogP contribution in [-0.4, -0.2) is 39.3 Å². The largest absolute Gasteiger partial charge is 0.411 e. The fourth-order valence-electron chi connectivity index (χ4n) is 3.94. The Morgan fingerprint density at radius 2 is 1.80 bits per heavy atom. The van der Waals surface area contributed by atoms with E-state index < -0.39 is 0 Å². The quantitative estimate of drug-likeness (QED) is 0.524. The van der Waals surface area contributed by atoms with Crippen molar-refractivity contribution in [2.75, 3.05) is 13.1 Å². The van der Waals surface area contributed by atoms with Crippen molar-refractivity contribution in [2.45, 2.75) is 43.6 Å². The van der Waals surface area contributed by atoms with Gasteiger partial charge in [0, 0.05) is 18.7 Å². The molecule has 156 valence electrons. The molecule has 0 radical (unpaired) electrons. The Hall–Kier alpha value is -2.60. The van der Waals surface area contributed by atoms with Gasteiger partial charge in [0.1, 0.15) is 0 Å². The summed E-state index contributed by atoms with van der Waals surface area (Å²) in [6.07, 6.45) is 3.20. The summed E-state index contributed by atoms with van der Waals surface area (Å²) in [7, 11) is 0. The van der Waals surface area contributed by atoms with E-state index >= 15 is 0 Å². The summed E-state index contributed by atoms with van der Waals surface area (Å²) in [5.41, 5.74) is 3.39. The van der Waals surface area contributed by atoms with Gasteiger partial charge >= 0.3 is 0 Å². The number of hydrogen-bond donors (Lipinski definition) is 0. The molecule has 2 aromatic carbocycles. The lowest BCUT2D eigenvalue weighted by Crippen LogP contribution is -2.42. The van der Waals surface area contributed by atoms with Crippen molar-refractivity contribution in [1.29, 1.82) is 0 Å². The summed E-state index contributed by atoms with van der Waals surface area (Å²) in [6.45, 7) is 5.57. The molecule has 1 atom stereocenters. The molecule has 0 unspecified atom stereocenters. The SMILES string of the molecule is Cc1ccccc1-c1nnc(S[C@H](C)C(=O)N2CCC(Cc3ccccc3)CC2)o1. The van der Waals surface area contributed by atoms with Gasteiger partial charge in [-0.15, -0.1) is 10.2 Å². The molecule has 2 heterocycles. The molecule has 0 saturated carbocycles. The van der Waals surface area contributed by atoms with Crippen LogP contribution in [0, 0.1) is 12.8 Å². The van der Waals surface area contributed by atoms with Crippen molar-refractivity contribution in [2.24, 2.45) is 5.92 Å². The van der Waals surface area contributed by atoms with Gasteiger partial charge in [-0.05, 0) is 56.2 Å². The highest BCUT2D eigenvalue weighted by Crippen LogP contribution is 2.29. The summed E-state index contributed by atoms with van der Waals surface area (Å²) >= 11 is 1.34. The van der Waals surface area contributed by atoms with E-state index in [2.05, 4.69) is 40.5 Å². The van der Waals surface area contributed by atoms with Crippen LogP contribution in [0.3, 0.4) is 0 Å². The molecule has 1 aliphatic rings. The van der Waals surface area contributed by atoms with E-state index in [0.29, 0.717) is 17.0 Å². The number of carbonyl (C=O) groups is 1. The molecule has 1 amide bonds. The minimum atomic E-state index is -0.249. The van der Waals surface area contributed by atoms with E-state index in [1.54, 1.807) is 0 Å². The summed E-state index contributed by atoms with van der Waals surface area (Å²) in [5, 5.41) is 8.48. The monoisotopic (exact) mass is 421 g/mol. The van der Waals surface area contributed by atoms with Crippen LogP contribution in [0.15, 0.2) is 64.2 Å². The molecule has 5 nitrogen and oxygen atoms in total. The first kappa shape index (κ1) is 20.7. The van der Waals surface area contributed by atoms with E-state index in [0.717, 1.165) is 43.5 Å². The molecule has 0 spiro atoms. The summed E-state index contributed by atoms with van der Waals surface area (Å²) in [6, 6.07) is 18.5. The molecule has 0 N–H and O–H groups in total. The molecule has 0 aliphatic carbocycles. The molecule has 4 rings (SSSR count). The van der Waals surface area contributed by atoms with Crippen molar-refractivity contribution in [1.82, 2.24) is 15.1 Å². The van der Waals surface area contributed by atoms with E-state index in [1.165, 1.54) is 17.3 Å². The molecule has 1 saturated heterocycles. The number of nitrogens with zero attached hydrogens (tertiary/aromatic N) is 3. The third-order valence-electron chi connectivity index (χ3n) is 5.70. The van der Waals surface area contributed by atoms with Crippen LogP contribution in [-0.2, 0) is 11.2 Å². The lowest BCUT2D eigenvalue weighted by Gasteiger charge is -2.33. The summed E-state index contributed by atoms with van der Waals surface area (Å²) in [4.78, 5) is 14.9. The second-order valence-electron chi connectivity index (χ2n) is 7.91. The van der Waals surface area contributed by atoms with Gasteiger partial charge in [-0.25, -0.2) is 0 Å². The number of likely N-dealkylation sites (tertiary alicyclic amines) is 1. The van der Waals surface area contributed by atoms with Crippen molar-refractivity contribution in [3.8, 4) is 11.5 Å². The zero-order chi connectivity index (χ0) is 20.9. The second-order valence-corrected chi connectivity index (χ2v) is 9.20. The number of aryl methyl sites for hydroxylation is 1. The van der Waals surface area contributed by atoms with E-state index in [4.69, 9.17) is 4.42 Å². The highest BCUT2D eigenvalue weighted by molar-refractivity contribution is 8.00. The Morgan fingerprint density at radius 3 is 2.53 bits per heavy atom. The normalized spacial score (nSPS) is 15.9. The van der Waals surface area contributed by atoms with E-state index in [1.807, 2.05) is 43.0 Å². The van der Waals surface area contributed by atoms with Crippen LogP contribution in [0.2, 0.25) is 0 Å². The number of benzene rings is 2. The van der Waals surface area contributed by atoms with Crippen LogP contribution < -0.4 is 0 Å². The van der Waals surface area contributed by atoms with Gasteiger partial charge in [-0.1, -0.05) is 60.3 Å². The number of thioether (sulfide) groups is 1. The molecule has 1 fully saturated rings. The minimum Gasteiger partial charge on any atom is -0.411 e. The molecule has 1 aromatic heterocycles. The fraction of sp³-hybridized carbons (Fsp3) is 0.375. The maximum atomic E-state index is 12.9. The molecular weight excluding hydrogens is 394 g/mol. The summed E-state index contributed by atoms with van der Waals surface area (Å²) < 4.78 is 5.81. The molecule has 3 aromatic rings. The van der Waals surface area contributed by atoms with Crippen LogP contribution in [0.4, 0.5) is 0 Å². The molecule has 0 bridgehead atoms. The number of aromatic nitrogens is 2. The van der Waals surface area contributed by atoms with Crippen LogP contribution in [0.25, 0.3) is 11.5 Å². The number of carbonyl (C=O) groups excluding carboxylic acids is 1. The maximum Gasteiger partial charge on any atom is 0.277 e.